The SMILES string of the molecule is C=CCN=C(NCC)N1CCC(OC(C)(C)C)CC1.I. The molecule has 1 aliphatic rings. The lowest BCUT2D eigenvalue weighted by molar-refractivity contribution is -0.0772. The maximum atomic E-state index is 6.04. The Balaban J connectivity index is 0.00000361. The summed E-state index contributed by atoms with van der Waals surface area (Å²) < 4.78 is 6.04. The summed E-state index contributed by atoms with van der Waals surface area (Å²) in [5.74, 6) is 0.997. The van der Waals surface area contributed by atoms with Crippen LogP contribution >= 0.6 is 24.0 Å². The van der Waals surface area contributed by atoms with Gasteiger partial charge in [0.15, 0.2) is 5.96 Å². The predicted molar refractivity (Wildman–Crippen MR) is 97.0 cm³/mol. The standard InChI is InChI=1S/C15H29N3O.HI/c1-6-10-17-14(16-7-2)18-11-8-13(9-12-18)19-15(3,4)5;/h6,13H,1,7-12H2,2-5H3,(H,16,17);1H. The van der Waals surface area contributed by atoms with Gasteiger partial charge in [-0.15, -0.1) is 30.6 Å². The Morgan fingerprint density at radius 2 is 2.00 bits per heavy atom. The van der Waals surface area contributed by atoms with Gasteiger partial charge in [-0.1, -0.05) is 6.08 Å². The van der Waals surface area contributed by atoms with Gasteiger partial charge < -0.3 is 15.0 Å². The van der Waals surface area contributed by atoms with E-state index >= 15 is 0 Å². The molecule has 0 aromatic carbocycles. The molecule has 1 rings (SSSR count). The fraction of sp³-hybridized carbons (Fsp3) is 0.800. The number of hydrogen-bond donors (Lipinski definition) is 1. The van der Waals surface area contributed by atoms with Crippen molar-refractivity contribution in [1.29, 1.82) is 0 Å². The van der Waals surface area contributed by atoms with Gasteiger partial charge >= 0.3 is 0 Å². The zero-order chi connectivity index (χ0) is 14.3. The highest BCUT2D eigenvalue weighted by Crippen LogP contribution is 2.20. The van der Waals surface area contributed by atoms with Crippen molar-refractivity contribution < 1.29 is 4.74 Å². The average molecular weight is 395 g/mol. The van der Waals surface area contributed by atoms with Gasteiger partial charge in [0.25, 0.3) is 0 Å². The van der Waals surface area contributed by atoms with Crippen molar-refractivity contribution in [3.05, 3.63) is 12.7 Å². The predicted octanol–water partition coefficient (Wildman–Crippen LogP) is 3.04. The van der Waals surface area contributed by atoms with Gasteiger partial charge in [0.05, 0.1) is 18.2 Å². The van der Waals surface area contributed by atoms with Crippen molar-refractivity contribution in [1.82, 2.24) is 10.2 Å². The van der Waals surface area contributed by atoms with Crippen LogP contribution in [0, 0.1) is 0 Å². The Morgan fingerprint density at radius 1 is 1.40 bits per heavy atom. The normalized spacial score (nSPS) is 17.6. The molecular weight excluding hydrogens is 365 g/mol. The molecule has 0 aromatic rings. The van der Waals surface area contributed by atoms with Crippen LogP contribution in [0.5, 0.6) is 0 Å². The summed E-state index contributed by atoms with van der Waals surface area (Å²) >= 11 is 0. The minimum absolute atomic E-state index is 0. The quantitative estimate of drug-likeness (QED) is 0.344. The fourth-order valence-corrected chi connectivity index (χ4v) is 2.26. The number of aliphatic imine (C=N–C) groups is 1. The van der Waals surface area contributed by atoms with E-state index in [4.69, 9.17) is 4.74 Å². The summed E-state index contributed by atoms with van der Waals surface area (Å²) in [5.41, 5.74) is -0.0474. The summed E-state index contributed by atoms with van der Waals surface area (Å²) in [5, 5.41) is 3.34. The van der Waals surface area contributed by atoms with E-state index in [1.165, 1.54) is 0 Å². The van der Waals surface area contributed by atoms with Gasteiger partial charge in [-0.25, -0.2) is 4.99 Å². The van der Waals surface area contributed by atoms with E-state index in [2.05, 4.69) is 49.5 Å². The molecule has 118 valence electrons. The Labute approximate surface area is 141 Å². The van der Waals surface area contributed by atoms with Gasteiger partial charge in [0, 0.05) is 19.6 Å². The zero-order valence-corrected chi connectivity index (χ0v) is 15.6. The van der Waals surface area contributed by atoms with Crippen molar-refractivity contribution in [2.24, 2.45) is 4.99 Å². The number of guanidine groups is 1. The number of likely N-dealkylation sites (tertiary alicyclic amines) is 1. The molecule has 4 nitrogen and oxygen atoms in total. The van der Waals surface area contributed by atoms with Crippen LogP contribution in [0.4, 0.5) is 0 Å². The minimum atomic E-state index is -0.0474. The second kappa shape index (κ2) is 9.60. The van der Waals surface area contributed by atoms with E-state index in [0.29, 0.717) is 12.6 Å². The smallest absolute Gasteiger partial charge is 0.194 e. The molecule has 20 heavy (non-hydrogen) atoms. The zero-order valence-electron chi connectivity index (χ0n) is 13.3. The van der Waals surface area contributed by atoms with E-state index in [1.54, 1.807) is 0 Å². The lowest BCUT2D eigenvalue weighted by Gasteiger charge is -2.36. The van der Waals surface area contributed by atoms with Crippen molar-refractivity contribution in [3.63, 3.8) is 0 Å². The molecule has 1 saturated heterocycles. The fourth-order valence-electron chi connectivity index (χ4n) is 2.26. The van der Waals surface area contributed by atoms with Gasteiger partial charge in [-0.2, -0.15) is 0 Å². The van der Waals surface area contributed by atoms with Gasteiger partial charge in [0.2, 0.25) is 0 Å². The van der Waals surface area contributed by atoms with E-state index < -0.39 is 0 Å². The maximum absolute atomic E-state index is 6.04. The van der Waals surface area contributed by atoms with E-state index in [-0.39, 0.29) is 29.6 Å². The molecule has 0 radical (unpaired) electrons. The van der Waals surface area contributed by atoms with Crippen LogP contribution in [0.1, 0.15) is 40.5 Å². The number of nitrogens with zero attached hydrogens (tertiary/aromatic N) is 2. The van der Waals surface area contributed by atoms with Crippen molar-refractivity contribution in [2.75, 3.05) is 26.2 Å². The highest BCUT2D eigenvalue weighted by Gasteiger charge is 2.25. The second-order valence-electron chi connectivity index (χ2n) is 5.90. The summed E-state index contributed by atoms with van der Waals surface area (Å²) in [6, 6.07) is 0. The van der Waals surface area contributed by atoms with Crippen LogP contribution in [-0.2, 0) is 4.74 Å². The van der Waals surface area contributed by atoms with Gasteiger partial charge in [-0.3, -0.25) is 0 Å². The third-order valence-corrected chi connectivity index (χ3v) is 2.97. The Morgan fingerprint density at radius 3 is 2.45 bits per heavy atom. The Bertz CT molecular complexity index is 305. The highest BCUT2D eigenvalue weighted by atomic mass is 127. The maximum Gasteiger partial charge on any atom is 0.194 e. The molecule has 1 N–H and O–H groups in total. The molecule has 0 atom stereocenters. The van der Waals surface area contributed by atoms with E-state index in [9.17, 15) is 0 Å². The highest BCUT2D eigenvalue weighted by molar-refractivity contribution is 14.0. The van der Waals surface area contributed by atoms with Gasteiger partial charge in [-0.05, 0) is 40.5 Å². The largest absolute Gasteiger partial charge is 0.372 e. The first-order valence-electron chi connectivity index (χ1n) is 7.28. The number of piperidine rings is 1. The molecule has 0 bridgehead atoms. The summed E-state index contributed by atoms with van der Waals surface area (Å²) in [7, 11) is 0. The molecule has 1 aliphatic heterocycles. The molecule has 0 amide bonds. The molecule has 5 heteroatoms. The molecule has 0 aliphatic carbocycles. The minimum Gasteiger partial charge on any atom is -0.372 e. The van der Waals surface area contributed by atoms with E-state index in [1.807, 2.05) is 6.08 Å². The summed E-state index contributed by atoms with van der Waals surface area (Å²) in [6.07, 6.45) is 4.33. The first-order chi connectivity index (χ1) is 8.96. The molecule has 0 saturated carbocycles. The lowest BCUT2D eigenvalue weighted by Crippen LogP contribution is -2.48. The number of nitrogens with one attached hydrogen (secondary N) is 1. The topological polar surface area (TPSA) is 36.9 Å². The van der Waals surface area contributed by atoms with Crippen LogP contribution in [-0.4, -0.2) is 48.7 Å². The first-order valence-corrected chi connectivity index (χ1v) is 7.28. The average Bonchev–Trinajstić information content (AvgIpc) is 2.34. The van der Waals surface area contributed by atoms with Crippen LogP contribution in [0.25, 0.3) is 0 Å². The third-order valence-electron chi connectivity index (χ3n) is 2.97. The monoisotopic (exact) mass is 395 g/mol. The Hall–Kier alpha value is -0.300. The molecule has 1 heterocycles. The van der Waals surface area contributed by atoms with Crippen LogP contribution in [0.3, 0.4) is 0 Å². The van der Waals surface area contributed by atoms with Crippen molar-refractivity contribution in [2.45, 2.75) is 52.2 Å². The molecular formula is C15H30IN3O. The van der Waals surface area contributed by atoms with Crippen LogP contribution < -0.4 is 5.32 Å². The molecule has 0 aromatic heterocycles. The first kappa shape index (κ1) is 19.7. The van der Waals surface area contributed by atoms with Gasteiger partial charge in [0.1, 0.15) is 0 Å². The van der Waals surface area contributed by atoms with Crippen LogP contribution in [0.15, 0.2) is 17.6 Å². The summed E-state index contributed by atoms with van der Waals surface area (Å²) in [6.45, 7) is 15.7. The molecule has 0 spiro atoms. The second-order valence-corrected chi connectivity index (χ2v) is 5.90. The van der Waals surface area contributed by atoms with Crippen molar-refractivity contribution >= 4 is 29.9 Å². The third kappa shape index (κ3) is 7.47. The van der Waals surface area contributed by atoms with Crippen LogP contribution in [0.2, 0.25) is 0 Å². The molecule has 0 unspecified atom stereocenters. The van der Waals surface area contributed by atoms with Crippen molar-refractivity contribution in [3.8, 4) is 0 Å². The number of halogens is 1. The number of hydrogen-bond acceptors (Lipinski definition) is 2. The van der Waals surface area contributed by atoms with E-state index in [0.717, 1.165) is 38.4 Å². The summed E-state index contributed by atoms with van der Waals surface area (Å²) in [4.78, 5) is 6.84. The number of ether oxygens (including phenoxy) is 1. The molecule has 1 fully saturated rings. The number of rotatable bonds is 4. The lowest BCUT2D eigenvalue weighted by atomic mass is 10.1. The Kier molecular flexibility index (Phi) is 9.46.